The smallest absolute Gasteiger partial charge is 0.224 e. The third kappa shape index (κ3) is 3.34. The van der Waals surface area contributed by atoms with Crippen LogP contribution in [0.25, 0.3) is 0 Å². The molecule has 0 bridgehead atoms. The molecule has 0 saturated heterocycles. The van der Waals surface area contributed by atoms with Crippen LogP contribution in [0, 0.1) is 13.8 Å². The summed E-state index contributed by atoms with van der Waals surface area (Å²) >= 11 is 0. The number of carbonyl (C=O) groups excluding carboxylic acids is 1. The Bertz CT molecular complexity index is 571. The zero-order chi connectivity index (χ0) is 13.8. The molecule has 0 atom stereocenters. The molecule has 1 heterocycles. The zero-order valence-corrected chi connectivity index (χ0v) is 11.1. The number of aromatic nitrogens is 1. The largest absolute Gasteiger partial charge is 0.399 e. The molecular formula is C14H17N3O2. The first kappa shape index (κ1) is 13.1. The third-order valence-electron chi connectivity index (χ3n) is 2.96. The van der Waals surface area contributed by atoms with Crippen molar-refractivity contribution in [2.75, 3.05) is 5.73 Å². The molecule has 5 heteroatoms. The van der Waals surface area contributed by atoms with Crippen molar-refractivity contribution >= 4 is 11.6 Å². The lowest BCUT2D eigenvalue weighted by atomic mass is 10.1. The molecule has 0 saturated carbocycles. The number of aryl methyl sites for hydroxylation is 2. The molecule has 5 nitrogen and oxygen atoms in total. The fourth-order valence-corrected chi connectivity index (χ4v) is 1.89. The molecule has 0 aliphatic rings. The maximum atomic E-state index is 11.8. The molecule has 0 fully saturated rings. The first-order valence-electron chi connectivity index (χ1n) is 6.09. The number of nitrogens with two attached hydrogens (primary N) is 1. The number of nitrogens with zero attached hydrogens (tertiary/aromatic N) is 1. The lowest BCUT2D eigenvalue weighted by Gasteiger charge is -2.05. The van der Waals surface area contributed by atoms with Crippen LogP contribution in [0.1, 0.15) is 22.6 Å². The normalized spacial score (nSPS) is 10.4. The van der Waals surface area contributed by atoms with E-state index in [9.17, 15) is 4.79 Å². The van der Waals surface area contributed by atoms with E-state index in [1.54, 1.807) is 12.1 Å². The van der Waals surface area contributed by atoms with Crippen LogP contribution in [0.5, 0.6) is 0 Å². The highest BCUT2D eigenvalue weighted by atomic mass is 16.5. The minimum Gasteiger partial charge on any atom is -0.399 e. The van der Waals surface area contributed by atoms with Gasteiger partial charge in [-0.1, -0.05) is 17.3 Å². The predicted octanol–water partition coefficient (Wildman–Crippen LogP) is 1.73. The SMILES string of the molecule is Cc1noc(C)c1CNC(=O)Cc1cccc(N)c1. The summed E-state index contributed by atoms with van der Waals surface area (Å²) in [6.45, 7) is 4.12. The van der Waals surface area contributed by atoms with Gasteiger partial charge in [0.15, 0.2) is 0 Å². The molecule has 100 valence electrons. The second-order valence-corrected chi connectivity index (χ2v) is 4.50. The summed E-state index contributed by atoms with van der Waals surface area (Å²) in [6, 6.07) is 7.32. The van der Waals surface area contributed by atoms with E-state index >= 15 is 0 Å². The number of anilines is 1. The molecule has 0 aliphatic heterocycles. The Labute approximate surface area is 111 Å². The number of hydrogen-bond donors (Lipinski definition) is 2. The highest BCUT2D eigenvalue weighted by Crippen LogP contribution is 2.12. The summed E-state index contributed by atoms with van der Waals surface area (Å²) in [7, 11) is 0. The van der Waals surface area contributed by atoms with Gasteiger partial charge in [0, 0.05) is 17.8 Å². The fraction of sp³-hybridized carbons (Fsp3) is 0.286. The Morgan fingerprint density at radius 3 is 2.84 bits per heavy atom. The van der Waals surface area contributed by atoms with Gasteiger partial charge in [0.25, 0.3) is 0 Å². The van der Waals surface area contributed by atoms with Crippen LogP contribution < -0.4 is 11.1 Å². The molecule has 1 aromatic carbocycles. The van der Waals surface area contributed by atoms with E-state index in [4.69, 9.17) is 10.3 Å². The second-order valence-electron chi connectivity index (χ2n) is 4.50. The summed E-state index contributed by atoms with van der Waals surface area (Å²) in [5.74, 6) is 0.687. The molecule has 1 aromatic heterocycles. The van der Waals surface area contributed by atoms with Crippen LogP contribution in [0.3, 0.4) is 0 Å². The molecule has 19 heavy (non-hydrogen) atoms. The number of amides is 1. The van der Waals surface area contributed by atoms with E-state index in [1.165, 1.54) is 0 Å². The van der Waals surface area contributed by atoms with Crippen LogP contribution in [0.4, 0.5) is 5.69 Å². The van der Waals surface area contributed by atoms with Gasteiger partial charge in [0.2, 0.25) is 5.91 Å². The standard InChI is InChI=1S/C14H17N3O2/c1-9-13(10(2)19-17-9)8-16-14(18)7-11-4-3-5-12(15)6-11/h3-6H,7-8,15H2,1-2H3,(H,16,18). The number of benzene rings is 1. The summed E-state index contributed by atoms with van der Waals surface area (Å²) in [5, 5.41) is 6.70. The quantitative estimate of drug-likeness (QED) is 0.819. The molecule has 0 aliphatic carbocycles. The highest BCUT2D eigenvalue weighted by molar-refractivity contribution is 5.78. The van der Waals surface area contributed by atoms with Crippen LogP contribution in [-0.4, -0.2) is 11.1 Å². The average Bonchev–Trinajstić information content (AvgIpc) is 2.67. The minimum absolute atomic E-state index is 0.0504. The monoisotopic (exact) mass is 259 g/mol. The van der Waals surface area contributed by atoms with Gasteiger partial charge in [-0.25, -0.2) is 0 Å². The van der Waals surface area contributed by atoms with Gasteiger partial charge in [0.05, 0.1) is 12.1 Å². The fourth-order valence-electron chi connectivity index (χ4n) is 1.89. The number of hydrogen-bond acceptors (Lipinski definition) is 4. The van der Waals surface area contributed by atoms with Gasteiger partial charge < -0.3 is 15.6 Å². The van der Waals surface area contributed by atoms with Crippen molar-refractivity contribution < 1.29 is 9.32 Å². The van der Waals surface area contributed by atoms with E-state index in [1.807, 2.05) is 26.0 Å². The number of nitrogens with one attached hydrogen (secondary N) is 1. The van der Waals surface area contributed by atoms with Gasteiger partial charge in [-0.15, -0.1) is 0 Å². The van der Waals surface area contributed by atoms with Crippen molar-refractivity contribution in [2.24, 2.45) is 0 Å². The van der Waals surface area contributed by atoms with E-state index in [0.717, 1.165) is 22.6 Å². The Kier molecular flexibility index (Phi) is 3.85. The van der Waals surface area contributed by atoms with Crippen LogP contribution in [0.2, 0.25) is 0 Å². The van der Waals surface area contributed by atoms with E-state index < -0.39 is 0 Å². The first-order chi connectivity index (χ1) is 9.06. The van der Waals surface area contributed by atoms with E-state index in [2.05, 4.69) is 10.5 Å². The summed E-state index contributed by atoms with van der Waals surface area (Å²) in [6.07, 6.45) is 0.314. The molecule has 1 amide bonds. The number of rotatable bonds is 4. The molecule has 0 radical (unpaired) electrons. The van der Waals surface area contributed by atoms with Gasteiger partial charge in [-0.05, 0) is 31.5 Å². The molecule has 2 aromatic rings. The van der Waals surface area contributed by atoms with Crippen LogP contribution >= 0.6 is 0 Å². The van der Waals surface area contributed by atoms with E-state index in [-0.39, 0.29) is 5.91 Å². The molecule has 0 spiro atoms. The summed E-state index contributed by atoms with van der Waals surface area (Å²) < 4.78 is 5.04. The van der Waals surface area contributed by atoms with Gasteiger partial charge in [0.1, 0.15) is 5.76 Å². The molecular weight excluding hydrogens is 242 g/mol. The lowest BCUT2D eigenvalue weighted by molar-refractivity contribution is -0.120. The molecule has 3 N–H and O–H groups in total. The Hall–Kier alpha value is -2.30. The Balaban J connectivity index is 1.92. The van der Waals surface area contributed by atoms with Crippen molar-refractivity contribution in [3.05, 3.63) is 46.8 Å². The minimum atomic E-state index is -0.0504. The van der Waals surface area contributed by atoms with Crippen molar-refractivity contribution in [2.45, 2.75) is 26.8 Å². The average molecular weight is 259 g/mol. The van der Waals surface area contributed by atoms with Crippen molar-refractivity contribution in [1.29, 1.82) is 0 Å². The number of carbonyl (C=O) groups is 1. The maximum Gasteiger partial charge on any atom is 0.224 e. The summed E-state index contributed by atoms with van der Waals surface area (Å²) in [4.78, 5) is 11.8. The molecule has 2 rings (SSSR count). The topological polar surface area (TPSA) is 81.2 Å². The Morgan fingerprint density at radius 2 is 2.21 bits per heavy atom. The highest BCUT2D eigenvalue weighted by Gasteiger charge is 2.10. The Morgan fingerprint density at radius 1 is 1.42 bits per heavy atom. The zero-order valence-electron chi connectivity index (χ0n) is 11.1. The number of nitrogen functional groups attached to an aromatic ring is 1. The first-order valence-corrected chi connectivity index (χ1v) is 6.09. The van der Waals surface area contributed by atoms with Crippen LogP contribution in [-0.2, 0) is 17.8 Å². The predicted molar refractivity (Wildman–Crippen MR) is 72.4 cm³/mol. The third-order valence-corrected chi connectivity index (χ3v) is 2.96. The van der Waals surface area contributed by atoms with E-state index in [0.29, 0.717) is 18.7 Å². The van der Waals surface area contributed by atoms with Crippen molar-refractivity contribution in [1.82, 2.24) is 10.5 Å². The maximum absolute atomic E-state index is 11.8. The second kappa shape index (κ2) is 5.56. The summed E-state index contributed by atoms with van der Waals surface area (Å²) in [5.41, 5.74) is 8.97. The lowest BCUT2D eigenvalue weighted by Crippen LogP contribution is -2.25. The van der Waals surface area contributed by atoms with Gasteiger partial charge in [-0.3, -0.25) is 4.79 Å². The van der Waals surface area contributed by atoms with Gasteiger partial charge >= 0.3 is 0 Å². The van der Waals surface area contributed by atoms with Gasteiger partial charge in [-0.2, -0.15) is 0 Å². The molecule has 0 unspecified atom stereocenters. The van der Waals surface area contributed by atoms with Crippen molar-refractivity contribution in [3.63, 3.8) is 0 Å². The van der Waals surface area contributed by atoms with Crippen molar-refractivity contribution in [3.8, 4) is 0 Å². The van der Waals surface area contributed by atoms with Crippen LogP contribution in [0.15, 0.2) is 28.8 Å².